The Morgan fingerprint density at radius 1 is 1.45 bits per heavy atom. The number of rotatable bonds is 2. The molecular weight excluding hydrogens is 286 g/mol. The minimum Gasteiger partial charge on any atom is -0.321 e. The van der Waals surface area contributed by atoms with E-state index in [0.29, 0.717) is 6.07 Å². The molecule has 1 unspecified atom stereocenters. The van der Waals surface area contributed by atoms with Crippen molar-refractivity contribution >= 4 is 23.2 Å². The molecule has 1 saturated heterocycles. The number of halogens is 3. The molecule has 1 aliphatic rings. The van der Waals surface area contributed by atoms with Gasteiger partial charge in [0, 0.05) is 6.07 Å². The number of anilines is 1. The number of hydrogen-bond acceptors (Lipinski definition) is 2. The van der Waals surface area contributed by atoms with Gasteiger partial charge in [0.2, 0.25) is 5.91 Å². The summed E-state index contributed by atoms with van der Waals surface area (Å²) in [5, 5.41) is 5.44. The lowest BCUT2D eigenvalue weighted by molar-refractivity contribution is -0.121. The van der Waals surface area contributed by atoms with Crippen molar-refractivity contribution in [1.82, 2.24) is 5.32 Å². The number of nitrogens with one attached hydrogen (secondary N) is 2. The van der Waals surface area contributed by atoms with Crippen molar-refractivity contribution in [2.24, 2.45) is 5.41 Å². The Labute approximate surface area is 121 Å². The van der Waals surface area contributed by atoms with E-state index in [4.69, 9.17) is 11.6 Å². The van der Waals surface area contributed by atoms with Crippen LogP contribution in [0.1, 0.15) is 26.7 Å². The molecule has 2 N–H and O–H groups in total. The molecule has 1 heterocycles. The zero-order valence-electron chi connectivity index (χ0n) is 11.4. The van der Waals surface area contributed by atoms with Crippen LogP contribution in [-0.2, 0) is 4.79 Å². The lowest BCUT2D eigenvalue weighted by Crippen LogP contribution is -2.53. The normalized spacial score (nSPS) is 21.6. The minimum absolute atomic E-state index is 0.149. The van der Waals surface area contributed by atoms with Gasteiger partial charge in [-0.15, -0.1) is 0 Å². The summed E-state index contributed by atoms with van der Waals surface area (Å²) >= 11 is 5.77. The van der Waals surface area contributed by atoms with Gasteiger partial charge >= 0.3 is 0 Å². The predicted molar refractivity (Wildman–Crippen MR) is 74.8 cm³/mol. The summed E-state index contributed by atoms with van der Waals surface area (Å²) < 4.78 is 26.6. The third-order valence-electron chi connectivity index (χ3n) is 3.65. The molecule has 2 rings (SSSR count). The van der Waals surface area contributed by atoms with E-state index in [-0.39, 0.29) is 22.0 Å². The number of hydrogen-bond donors (Lipinski definition) is 2. The Morgan fingerprint density at radius 3 is 2.75 bits per heavy atom. The maximum atomic E-state index is 13.7. The molecule has 1 aromatic carbocycles. The van der Waals surface area contributed by atoms with Crippen LogP contribution in [0.2, 0.25) is 5.02 Å². The molecule has 6 heteroatoms. The van der Waals surface area contributed by atoms with E-state index in [9.17, 15) is 13.6 Å². The van der Waals surface area contributed by atoms with Crippen molar-refractivity contribution in [3.63, 3.8) is 0 Å². The fraction of sp³-hybridized carbons (Fsp3) is 0.500. The molecule has 110 valence electrons. The van der Waals surface area contributed by atoms with E-state index in [1.54, 1.807) is 0 Å². The van der Waals surface area contributed by atoms with Crippen LogP contribution in [0.5, 0.6) is 0 Å². The Morgan fingerprint density at radius 2 is 2.15 bits per heavy atom. The third-order valence-corrected chi connectivity index (χ3v) is 3.94. The Hall–Kier alpha value is -1.20. The van der Waals surface area contributed by atoms with Crippen LogP contribution in [0.15, 0.2) is 12.1 Å². The highest BCUT2D eigenvalue weighted by Crippen LogP contribution is 2.32. The largest absolute Gasteiger partial charge is 0.321 e. The number of piperidine rings is 1. The van der Waals surface area contributed by atoms with Crippen LogP contribution >= 0.6 is 11.6 Å². The van der Waals surface area contributed by atoms with Gasteiger partial charge in [0.1, 0.15) is 5.82 Å². The van der Waals surface area contributed by atoms with Crippen LogP contribution in [0.4, 0.5) is 14.5 Å². The van der Waals surface area contributed by atoms with E-state index in [2.05, 4.69) is 10.6 Å². The Bertz CT molecular complexity index is 511. The number of carbonyl (C=O) groups is 1. The zero-order chi connectivity index (χ0) is 14.9. The van der Waals surface area contributed by atoms with Gasteiger partial charge in [0.15, 0.2) is 5.82 Å². The third kappa shape index (κ3) is 3.10. The van der Waals surface area contributed by atoms with Crippen LogP contribution in [0.25, 0.3) is 0 Å². The molecule has 0 radical (unpaired) electrons. The zero-order valence-corrected chi connectivity index (χ0v) is 12.2. The quantitative estimate of drug-likeness (QED) is 0.880. The SMILES string of the molecule is CC1(C)CCCNC1C(=O)Nc1c(F)cc(F)cc1Cl. The summed E-state index contributed by atoms with van der Waals surface area (Å²) in [7, 11) is 0. The first kappa shape index (κ1) is 15.2. The molecule has 0 aliphatic carbocycles. The molecule has 20 heavy (non-hydrogen) atoms. The standard InChI is InChI=1S/C14H17ClF2N2O/c1-14(2)4-3-5-18-12(14)13(20)19-11-9(15)6-8(16)7-10(11)17/h6-7,12,18H,3-5H2,1-2H3,(H,19,20). The van der Waals surface area contributed by atoms with E-state index < -0.39 is 17.7 Å². The minimum atomic E-state index is -0.878. The summed E-state index contributed by atoms with van der Waals surface area (Å²) in [6.07, 6.45) is 1.89. The summed E-state index contributed by atoms with van der Waals surface area (Å²) in [5.41, 5.74) is -0.410. The molecule has 1 amide bonds. The van der Waals surface area contributed by atoms with E-state index in [1.165, 1.54) is 0 Å². The predicted octanol–water partition coefficient (Wildman–Crippen LogP) is 3.33. The Kier molecular flexibility index (Phi) is 4.30. The number of carbonyl (C=O) groups excluding carboxylic acids is 1. The molecule has 1 aromatic rings. The maximum absolute atomic E-state index is 13.7. The van der Waals surface area contributed by atoms with Gasteiger partial charge in [-0.25, -0.2) is 8.78 Å². The molecule has 1 fully saturated rings. The molecule has 3 nitrogen and oxygen atoms in total. The highest BCUT2D eigenvalue weighted by atomic mass is 35.5. The van der Waals surface area contributed by atoms with Crippen LogP contribution in [0.3, 0.4) is 0 Å². The van der Waals surface area contributed by atoms with Gasteiger partial charge in [-0.3, -0.25) is 4.79 Å². The summed E-state index contributed by atoms with van der Waals surface area (Å²) in [4.78, 5) is 12.3. The van der Waals surface area contributed by atoms with E-state index >= 15 is 0 Å². The second-order valence-electron chi connectivity index (χ2n) is 5.71. The van der Waals surface area contributed by atoms with Crippen molar-refractivity contribution in [3.05, 3.63) is 28.8 Å². The molecule has 1 aliphatic heterocycles. The first-order valence-corrected chi connectivity index (χ1v) is 6.88. The lowest BCUT2D eigenvalue weighted by Gasteiger charge is -2.38. The number of amides is 1. The van der Waals surface area contributed by atoms with Gasteiger partial charge in [-0.05, 0) is 30.9 Å². The molecular formula is C14H17ClF2N2O. The summed E-state index contributed by atoms with van der Waals surface area (Å²) in [5.74, 6) is -2.01. The molecule has 0 aromatic heterocycles. The highest BCUT2D eigenvalue weighted by molar-refractivity contribution is 6.33. The lowest BCUT2D eigenvalue weighted by atomic mass is 9.77. The smallest absolute Gasteiger partial charge is 0.242 e. The second kappa shape index (κ2) is 5.66. The van der Waals surface area contributed by atoms with Gasteiger partial charge in [0.25, 0.3) is 0 Å². The average molecular weight is 303 g/mol. The number of benzene rings is 1. The molecule has 0 saturated carbocycles. The van der Waals surface area contributed by atoms with Gasteiger partial charge < -0.3 is 10.6 Å². The van der Waals surface area contributed by atoms with Crippen molar-refractivity contribution in [3.8, 4) is 0 Å². The van der Waals surface area contributed by atoms with Crippen LogP contribution in [-0.4, -0.2) is 18.5 Å². The molecule has 1 atom stereocenters. The Balaban J connectivity index is 2.20. The maximum Gasteiger partial charge on any atom is 0.242 e. The monoisotopic (exact) mass is 302 g/mol. The van der Waals surface area contributed by atoms with Crippen LogP contribution < -0.4 is 10.6 Å². The topological polar surface area (TPSA) is 41.1 Å². The highest BCUT2D eigenvalue weighted by Gasteiger charge is 2.37. The average Bonchev–Trinajstić information content (AvgIpc) is 2.32. The van der Waals surface area contributed by atoms with Gasteiger partial charge in [-0.1, -0.05) is 25.4 Å². The van der Waals surface area contributed by atoms with Crippen molar-refractivity contribution in [2.45, 2.75) is 32.7 Å². The van der Waals surface area contributed by atoms with Crippen LogP contribution in [0, 0.1) is 17.0 Å². The van der Waals surface area contributed by atoms with Gasteiger partial charge in [0.05, 0.1) is 16.8 Å². The molecule has 0 bridgehead atoms. The fourth-order valence-electron chi connectivity index (χ4n) is 2.52. The van der Waals surface area contributed by atoms with Crippen molar-refractivity contribution in [1.29, 1.82) is 0 Å². The second-order valence-corrected chi connectivity index (χ2v) is 6.12. The van der Waals surface area contributed by atoms with E-state index in [0.717, 1.165) is 25.5 Å². The van der Waals surface area contributed by atoms with Crippen molar-refractivity contribution in [2.75, 3.05) is 11.9 Å². The summed E-state index contributed by atoms with van der Waals surface area (Å²) in [6, 6.07) is 1.23. The van der Waals surface area contributed by atoms with Crippen molar-refractivity contribution < 1.29 is 13.6 Å². The fourth-order valence-corrected chi connectivity index (χ4v) is 2.76. The molecule has 0 spiro atoms. The summed E-state index contributed by atoms with van der Waals surface area (Å²) in [6.45, 7) is 4.69. The van der Waals surface area contributed by atoms with E-state index in [1.807, 2.05) is 13.8 Å². The first-order valence-electron chi connectivity index (χ1n) is 6.50. The first-order chi connectivity index (χ1) is 9.31. The van der Waals surface area contributed by atoms with Gasteiger partial charge in [-0.2, -0.15) is 0 Å².